The fourth-order valence-electron chi connectivity index (χ4n) is 0.731. The maximum Gasteiger partial charge on any atom is 0.287 e. The highest BCUT2D eigenvalue weighted by molar-refractivity contribution is 5.91. The minimum Gasteiger partial charge on any atom is -0.266 e. The molecular weight excluding hydrogens is 188 g/mol. The predicted octanol–water partition coefficient (Wildman–Crippen LogP) is -0.454. The van der Waals surface area contributed by atoms with Crippen LogP contribution in [0.1, 0.15) is 10.5 Å². The molecule has 0 atom stereocenters. The summed E-state index contributed by atoms with van der Waals surface area (Å²) in [4.78, 5) is 28.0. The molecule has 1 N–H and O–H groups in total. The van der Waals surface area contributed by atoms with Crippen LogP contribution < -0.4 is 5.43 Å². The van der Waals surface area contributed by atoms with Gasteiger partial charge < -0.3 is 0 Å². The quantitative estimate of drug-likeness (QED) is 0.660. The summed E-state index contributed by atoms with van der Waals surface area (Å²) < 4.78 is 0. The van der Waals surface area contributed by atoms with E-state index in [2.05, 4.69) is 25.1 Å². The van der Waals surface area contributed by atoms with E-state index >= 15 is 0 Å². The van der Waals surface area contributed by atoms with Crippen molar-refractivity contribution in [3.63, 3.8) is 0 Å². The molecule has 0 unspecified atom stereocenters. The first-order chi connectivity index (χ1) is 6.77. The highest BCUT2D eigenvalue weighted by Gasteiger charge is 2.10. The summed E-state index contributed by atoms with van der Waals surface area (Å²) in [7, 11) is 2.70. The Kier molecular flexibility index (Phi) is 3.92. The van der Waals surface area contributed by atoms with Gasteiger partial charge >= 0.3 is 0 Å². The number of aromatic nitrogens is 2. The summed E-state index contributed by atoms with van der Waals surface area (Å²) in [6.45, 7) is 0. The lowest BCUT2D eigenvalue weighted by Crippen LogP contribution is -2.40. The van der Waals surface area contributed by atoms with Crippen molar-refractivity contribution < 1.29 is 14.5 Å². The topological polar surface area (TPSA) is 76.6 Å². The largest absolute Gasteiger partial charge is 0.287 e. The van der Waals surface area contributed by atoms with E-state index in [4.69, 9.17) is 0 Å². The van der Waals surface area contributed by atoms with Gasteiger partial charge in [0, 0.05) is 11.5 Å². The normalized spacial score (nSPS) is 10.2. The number of rotatable bonds is 4. The molecular formula is C7H10N4O3. The Hall–Kier alpha value is -1.57. The predicted molar refractivity (Wildman–Crippen MR) is 45.4 cm³/mol. The number of nitrogens with one attached hydrogen (secondary N) is 1. The number of hydrazine groups is 1. The molecule has 1 amide bonds. The average molecular weight is 198 g/mol. The van der Waals surface area contributed by atoms with Gasteiger partial charge in [-0.3, -0.25) is 14.5 Å². The van der Waals surface area contributed by atoms with Gasteiger partial charge in [-0.25, -0.2) is 15.4 Å². The zero-order chi connectivity index (χ0) is 10.4. The first-order valence-electron chi connectivity index (χ1n) is 3.73. The molecule has 1 aromatic heterocycles. The van der Waals surface area contributed by atoms with Crippen molar-refractivity contribution in [1.82, 2.24) is 20.7 Å². The lowest BCUT2D eigenvalue weighted by Gasteiger charge is -2.15. The van der Waals surface area contributed by atoms with Crippen LogP contribution in [0.15, 0.2) is 18.6 Å². The van der Waals surface area contributed by atoms with E-state index in [1.165, 1.54) is 32.8 Å². The van der Waals surface area contributed by atoms with Crippen LogP contribution in [0.4, 0.5) is 0 Å². The summed E-state index contributed by atoms with van der Waals surface area (Å²) in [5.41, 5.74) is 2.51. The number of amides is 1. The number of nitrogens with zero attached hydrogens (tertiary/aromatic N) is 3. The highest BCUT2D eigenvalue weighted by Crippen LogP contribution is 1.92. The molecule has 0 bridgehead atoms. The maximum absolute atomic E-state index is 11.4. The summed E-state index contributed by atoms with van der Waals surface area (Å²) in [5, 5.41) is 0.810. The van der Waals surface area contributed by atoms with Crippen LogP contribution in [0.3, 0.4) is 0 Å². The second-order valence-corrected chi connectivity index (χ2v) is 2.16. The molecule has 0 fully saturated rings. The minimum atomic E-state index is -0.448. The van der Waals surface area contributed by atoms with E-state index in [9.17, 15) is 4.79 Å². The molecule has 0 radical (unpaired) electrons. The van der Waals surface area contributed by atoms with E-state index in [1.54, 1.807) is 0 Å². The summed E-state index contributed by atoms with van der Waals surface area (Å²) in [6, 6.07) is 1.47. The van der Waals surface area contributed by atoms with Gasteiger partial charge in [0.1, 0.15) is 12.0 Å². The standard InChI is InChI=1S/C7H10N4O3/c1-13-11(14-2)10-7(12)6-3-4-8-5-9-6/h3-5H,1-2H3,(H,10,12). The van der Waals surface area contributed by atoms with Crippen LogP contribution in [0.5, 0.6) is 0 Å². The zero-order valence-electron chi connectivity index (χ0n) is 7.80. The molecule has 0 aliphatic rings. The van der Waals surface area contributed by atoms with Gasteiger partial charge in [0.25, 0.3) is 5.91 Å². The first-order valence-corrected chi connectivity index (χ1v) is 3.73. The average Bonchev–Trinajstić information content (AvgIpc) is 2.26. The van der Waals surface area contributed by atoms with Crippen molar-refractivity contribution in [3.05, 3.63) is 24.3 Å². The number of hydrogen-bond donors (Lipinski definition) is 1. The summed E-state index contributed by atoms with van der Waals surface area (Å²) in [5.74, 6) is -0.448. The molecule has 7 heteroatoms. The number of hydrogen-bond acceptors (Lipinski definition) is 6. The van der Waals surface area contributed by atoms with E-state index in [-0.39, 0.29) is 5.69 Å². The molecule has 7 nitrogen and oxygen atoms in total. The molecule has 76 valence electrons. The van der Waals surface area contributed by atoms with Crippen molar-refractivity contribution in [2.45, 2.75) is 0 Å². The second kappa shape index (κ2) is 5.22. The van der Waals surface area contributed by atoms with Crippen molar-refractivity contribution in [3.8, 4) is 0 Å². The van der Waals surface area contributed by atoms with Crippen LogP contribution in [0.25, 0.3) is 0 Å². The van der Waals surface area contributed by atoms with Crippen molar-refractivity contribution in [2.24, 2.45) is 0 Å². The minimum absolute atomic E-state index is 0.221. The summed E-state index contributed by atoms with van der Waals surface area (Å²) in [6.07, 6.45) is 2.74. The molecule has 1 rings (SSSR count). The van der Waals surface area contributed by atoms with Gasteiger partial charge in [-0.1, -0.05) is 0 Å². The van der Waals surface area contributed by atoms with E-state index in [1.807, 2.05) is 0 Å². The molecule has 0 aliphatic heterocycles. The number of carbonyl (C=O) groups is 1. The Morgan fingerprint density at radius 1 is 1.50 bits per heavy atom. The Labute approximate surface area is 80.5 Å². The van der Waals surface area contributed by atoms with Crippen LogP contribution in [-0.2, 0) is 9.68 Å². The van der Waals surface area contributed by atoms with Gasteiger partial charge in [0.2, 0.25) is 0 Å². The molecule has 0 saturated heterocycles. The Bertz CT molecular complexity index is 288. The molecule has 0 spiro atoms. The summed E-state index contributed by atoms with van der Waals surface area (Å²) >= 11 is 0. The third-order valence-electron chi connectivity index (χ3n) is 1.34. The van der Waals surface area contributed by atoms with Crippen molar-refractivity contribution in [1.29, 1.82) is 0 Å². The van der Waals surface area contributed by atoms with E-state index < -0.39 is 5.91 Å². The molecule has 1 heterocycles. The molecule has 0 aliphatic carbocycles. The van der Waals surface area contributed by atoms with Crippen LogP contribution in [0.2, 0.25) is 0 Å². The monoisotopic (exact) mass is 198 g/mol. The smallest absolute Gasteiger partial charge is 0.266 e. The molecule has 0 aromatic carbocycles. The third-order valence-corrected chi connectivity index (χ3v) is 1.34. The lowest BCUT2D eigenvalue weighted by molar-refractivity contribution is -0.364. The van der Waals surface area contributed by atoms with Crippen LogP contribution >= 0.6 is 0 Å². The van der Waals surface area contributed by atoms with Gasteiger partial charge in [0.15, 0.2) is 0 Å². The van der Waals surface area contributed by atoms with Crippen molar-refractivity contribution in [2.75, 3.05) is 14.2 Å². The second-order valence-electron chi connectivity index (χ2n) is 2.16. The fraction of sp³-hybridized carbons (Fsp3) is 0.286. The molecule has 14 heavy (non-hydrogen) atoms. The van der Waals surface area contributed by atoms with Gasteiger partial charge in [-0.2, -0.15) is 0 Å². The van der Waals surface area contributed by atoms with E-state index in [0.717, 1.165) is 5.34 Å². The zero-order valence-corrected chi connectivity index (χ0v) is 7.80. The highest BCUT2D eigenvalue weighted by atomic mass is 17.0. The van der Waals surface area contributed by atoms with Crippen LogP contribution in [-0.4, -0.2) is 35.4 Å². The number of carbonyl (C=O) groups excluding carboxylic acids is 1. The SMILES string of the molecule is CON(NC(=O)c1ccncn1)OC. The van der Waals surface area contributed by atoms with Crippen molar-refractivity contribution >= 4 is 5.91 Å². The lowest BCUT2D eigenvalue weighted by atomic mass is 10.4. The molecule has 0 saturated carbocycles. The van der Waals surface area contributed by atoms with E-state index in [0.29, 0.717) is 0 Å². The van der Waals surface area contributed by atoms with Gasteiger partial charge in [0.05, 0.1) is 14.2 Å². The van der Waals surface area contributed by atoms with Crippen LogP contribution in [0, 0.1) is 0 Å². The molecule has 1 aromatic rings. The third kappa shape index (κ3) is 2.73. The Morgan fingerprint density at radius 2 is 2.21 bits per heavy atom. The maximum atomic E-state index is 11.4. The Balaban J connectivity index is 2.59. The Morgan fingerprint density at radius 3 is 2.71 bits per heavy atom. The van der Waals surface area contributed by atoms with Gasteiger partial charge in [-0.15, -0.1) is 0 Å². The van der Waals surface area contributed by atoms with Gasteiger partial charge in [-0.05, 0) is 6.07 Å². The first kappa shape index (κ1) is 10.5. The fourth-order valence-corrected chi connectivity index (χ4v) is 0.731.